The second-order valence-corrected chi connectivity index (χ2v) is 5.52. The first-order valence-corrected chi connectivity index (χ1v) is 7.05. The molecule has 0 atom stereocenters. The summed E-state index contributed by atoms with van der Waals surface area (Å²) in [4.78, 5) is 15.4. The number of fused-ring (bicyclic) bond motifs is 1. The van der Waals surface area contributed by atoms with Crippen molar-refractivity contribution >= 4 is 39.1 Å². The number of hydrogen-bond acceptors (Lipinski definition) is 4. The number of aromatic nitrogens is 3. The van der Waals surface area contributed by atoms with Crippen LogP contribution >= 0.6 is 15.9 Å². The second kappa shape index (κ2) is 5.38. The number of carbonyl (C=O) groups is 1. The van der Waals surface area contributed by atoms with Crippen LogP contribution < -0.4 is 5.32 Å². The van der Waals surface area contributed by atoms with Gasteiger partial charge in [0.25, 0.3) is 0 Å². The number of anilines is 2. The molecule has 0 saturated carbocycles. The molecule has 3 rings (SSSR count). The molecular formula is C14H10BrFN4O2. The summed E-state index contributed by atoms with van der Waals surface area (Å²) in [5, 5.41) is 16.2. The zero-order valence-electron chi connectivity index (χ0n) is 11.3. The molecule has 0 bridgehead atoms. The Hall–Kier alpha value is -2.48. The average molecular weight is 365 g/mol. The molecule has 0 saturated heterocycles. The molecule has 2 heterocycles. The molecule has 3 aromatic rings. The predicted octanol–water partition coefficient (Wildman–Crippen LogP) is 3.38. The summed E-state index contributed by atoms with van der Waals surface area (Å²) in [5.41, 5.74) is 1.33. The summed E-state index contributed by atoms with van der Waals surface area (Å²) in [6.45, 7) is 1.81. The van der Waals surface area contributed by atoms with E-state index in [1.165, 1.54) is 23.0 Å². The maximum absolute atomic E-state index is 13.9. The standard InChI is InChI=1S/C14H10BrFN4O2/c1-7-2-3-10(16)11(4-7)19-12-8(14(21)22)5-17-13-9(15)6-18-20(12)13/h2-6,19H,1H3,(H,21,22). The van der Waals surface area contributed by atoms with Crippen molar-refractivity contribution in [1.82, 2.24) is 14.6 Å². The van der Waals surface area contributed by atoms with Crippen LogP contribution in [0.2, 0.25) is 0 Å². The van der Waals surface area contributed by atoms with Crippen molar-refractivity contribution in [3.63, 3.8) is 0 Å². The number of hydrogen-bond donors (Lipinski definition) is 2. The number of nitrogens with zero attached hydrogens (tertiary/aromatic N) is 3. The summed E-state index contributed by atoms with van der Waals surface area (Å²) in [6, 6.07) is 4.53. The molecule has 112 valence electrons. The largest absolute Gasteiger partial charge is 0.477 e. The Balaban J connectivity index is 2.21. The molecule has 0 amide bonds. The minimum Gasteiger partial charge on any atom is -0.477 e. The Bertz CT molecular complexity index is 894. The van der Waals surface area contributed by atoms with Crippen LogP contribution in [0.4, 0.5) is 15.9 Å². The minimum atomic E-state index is -1.18. The Labute approximate surface area is 132 Å². The number of halogens is 2. The highest BCUT2D eigenvalue weighted by Crippen LogP contribution is 2.26. The summed E-state index contributed by atoms with van der Waals surface area (Å²) in [6.07, 6.45) is 2.70. The molecule has 6 nitrogen and oxygen atoms in total. The van der Waals surface area contributed by atoms with E-state index in [1.807, 2.05) is 6.92 Å². The van der Waals surface area contributed by atoms with Crippen LogP contribution in [0, 0.1) is 12.7 Å². The van der Waals surface area contributed by atoms with Crippen LogP contribution in [-0.2, 0) is 0 Å². The molecule has 2 N–H and O–H groups in total. The predicted molar refractivity (Wildman–Crippen MR) is 82.1 cm³/mol. The van der Waals surface area contributed by atoms with E-state index < -0.39 is 11.8 Å². The van der Waals surface area contributed by atoms with Crippen molar-refractivity contribution in [2.45, 2.75) is 6.92 Å². The van der Waals surface area contributed by atoms with Gasteiger partial charge in [-0.3, -0.25) is 0 Å². The molecule has 0 radical (unpaired) electrons. The van der Waals surface area contributed by atoms with Crippen LogP contribution in [-0.4, -0.2) is 25.7 Å². The molecule has 0 unspecified atom stereocenters. The van der Waals surface area contributed by atoms with Crippen molar-refractivity contribution in [2.24, 2.45) is 0 Å². The van der Waals surface area contributed by atoms with E-state index in [0.29, 0.717) is 10.1 Å². The fourth-order valence-electron chi connectivity index (χ4n) is 2.04. The van der Waals surface area contributed by atoms with Gasteiger partial charge in [0.1, 0.15) is 11.4 Å². The van der Waals surface area contributed by atoms with E-state index in [0.717, 1.165) is 5.56 Å². The van der Waals surface area contributed by atoms with Gasteiger partial charge in [0.05, 0.1) is 16.4 Å². The van der Waals surface area contributed by atoms with Crippen molar-refractivity contribution in [3.8, 4) is 0 Å². The molecule has 0 aliphatic rings. The highest BCUT2D eigenvalue weighted by molar-refractivity contribution is 9.10. The molecule has 1 aromatic carbocycles. The first-order chi connectivity index (χ1) is 10.5. The quantitative estimate of drug-likeness (QED) is 0.744. The molecular weight excluding hydrogens is 355 g/mol. The number of rotatable bonds is 3. The molecule has 22 heavy (non-hydrogen) atoms. The zero-order valence-corrected chi connectivity index (χ0v) is 12.9. The summed E-state index contributed by atoms with van der Waals surface area (Å²) in [7, 11) is 0. The minimum absolute atomic E-state index is 0.107. The third kappa shape index (κ3) is 2.41. The molecule has 8 heteroatoms. The molecule has 0 aliphatic carbocycles. The maximum atomic E-state index is 13.9. The zero-order chi connectivity index (χ0) is 15.9. The lowest BCUT2D eigenvalue weighted by atomic mass is 10.2. The Morgan fingerprint density at radius 3 is 2.91 bits per heavy atom. The lowest BCUT2D eigenvalue weighted by Gasteiger charge is -2.12. The SMILES string of the molecule is Cc1ccc(F)c(Nc2c(C(=O)O)cnc3c(Br)cnn23)c1. The van der Waals surface area contributed by atoms with E-state index in [1.54, 1.807) is 12.1 Å². The van der Waals surface area contributed by atoms with Crippen molar-refractivity contribution in [2.75, 3.05) is 5.32 Å². The Morgan fingerprint density at radius 1 is 1.41 bits per heavy atom. The van der Waals surface area contributed by atoms with E-state index in [2.05, 4.69) is 31.3 Å². The highest BCUT2D eigenvalue weighted by atomic mass is 79.9. The van der Waals surface area contributed by atoms with Gasteiger partial charge in [-0.1, -0.05) is 6.07 Å². The van der Waals surface area contributed by atoms with Gasteiger partial charge in [0.15, 0.2) is 11.5 Å². The third-order valence-electron chi connectivity index (χ3n) is 3.09. The number of benzene rings is 1. The van der Waals surface area contributed by atoms with Crippen LogP contribution in [0.3, 0.4) is 0 Å². The van der Waals surface area contributed by atoms with Gasteiger partial charge in [-0.15, -0.1) is 0 Å². The first kappa shape index (κ1) is 14.5. The summed E-state index contributed by atoms with van der Waals surface area (Å²) < 4.78 is 15.9. The van der Waals surface area contributed by atoms with Gasteiger partial charge in [-0.2, -0.15) is 9.61 Å². The maximum Gasteiger partial charge on any atom is 0.341 e. The van der Waals surface area contributed by atoms with E-state index in [4.69, 9.17) is 0 Å². The van der Waals surface area contributed by atoms with Crippen LogP contribution in [0.1, 0.15) is 15.9 Å². The normalized spacial score (nSPS) is 10.9. The first-order valence-electron chi connectivity index (χ1n) is 6.26. The monoisotopic (exact) mass is 364 g/mol. The smallest absolute Gasteiger partial charge is 0.341 e. The highest BCUT2D eigenvalue weighted by Gasteiger charge is 2.18. The molecule has 0 spiro atoms. The van der Waals surface area contributed by atoms with Crippen molar-refractivity contribution < 1.29 is 14.3 Å². The number of aromatic carboxylic acids is 1. The van der Waals surface area contributed by atoms with Crippen molar-refractivity contribution in [1.29, 1.82) is 0 Å². The second-order valence-electron chi connectivity index (χ2n) is 4.66. The lowest BCUT2D eigenvalue weighted by molar-refractivity contribution is 0.0697. The van der Waals surface area contributed by atoms with Crippen LogP contribution in [0.25, 0.3) is 5.65 Å². The van der Waals surface area contributed by atoms with Gasteiger partial charge in [-0.05, 0) is 40.5 Å². The Morgan fingerprint density at radius 2 is 2.18 bits per heavy atom. The van der Waals surface area contributed by atoms with Crippen LogP contribution in [0.15, 0.2) is 35.1 Å². The average Bonchev–Trinajstić information content (AvgIpc) is 2.85. The van der Waals surface area contributed by atoms with E-state index >= 15 is 0 Å². The molecule has 2 aromatic heterocycles. The Kier molecular flexibility index (Phi) is 3.53. The van der Waals surface area contributed by atoms with E-state index in [-0.39, 0.29) is 17.1 Å². The third-order valence-corrected chi connectivity index (χ3v) is 3.65. The van der Waals surface area contributed by atoms with Gasteiger partial charge < -0.3 is 10.4 Å². The topological polar surface area (TPSA) is 79.5 Å². The fourth-order valence-corrected chi connectivity index (χ4v) is 2.40. The fraction of sp³-hybridized carbons (Fsp3) is 0.0714. The summed E-state index contributed by atoms with van der Waals surface area (Å²) >= 11 is 3.28. The van der Waals surface area contributed by atoms with Gasteiger partial charge in [0.2, 0.25) is 0 Å². The summed E-state index contributed by atoms with van der Waals surface area (Å²) in [5.74, 6) is -1.54. The lowest BCUT2D eigenvalue weighted by Crippen LogP contribution is -2.10. The number of carboxylic acid groups (broad SMARTS) is 1. The number of nitrogens with one attached hydrogen (secondary N) is 1. The number of carboxylic acids is 1. The number of aryl methyl sites for hydroxylation is 1. The van der Waals surface area contributed by atoms with Gasteiger partial charge in [0, 0.05) is 6.20 Å². The van der Waals surface area contributed by atoms with Gasteiger partial charge in [-0.25, -0.2) is 14.2 Å². The van der Waals surface area contributed by atoms with E-state index in [9.17, 15) is 14.3 Å². The van der Waals surface area contributed by atoms with Crippen molar-refractivity contribution in [3.05, 3.63) is 52.0 Å². The van der Waals surface area contributed by atoms with Gasteiger partial charge >= 0.3 is 5.97 Å². The molecule has 0 aliphatic heterocycles. The molecule has 0 fully saturated rings. The van der Waals surface area contributed by atoms with Crippen LogP contribution in [0.5, 0.6) is 0 Å².